The van der Waals surface area contributed by atoms with Crippen LogP contribution < -0.4 is 5.32 Å². The Morgan fingerprint density at radius 3 is 2.62 bits per heavy atom. The number of aryl methyl sites for hydroxylation is 1. The van der Waals surface area contributed by atoms with Crippen molar-refractivity contribution in [1.29, 1.82) is 0 Å². The summed E-state index contributed by atoms with van der Waals surface area (Å²) in [7, 11) is 3.51. The van der Waals surface area contributed by atoms with E-state index >= 15 is 0 Å². The Balaban J connectivity index is 1.97. The van der Waals surface area contributed by atoms with Gasteiger partial charge in [-0.1, -0.05) is 6.92 Å². The normalized spacial score (nSPS) is 10.4. The molecule has 0 aliphatic rings. The summed E-state index contributed by atoms with van der Waals surface area (Å²) in [5, 5.41) is 3.36. The first-order valence-electron chi connectivity index (χ1n) is 7.16. The molecule has 112 valence electrons. The summed E-state index contributed by atoms with van der Waals surface area (Å²) in [5.74, 6) is 0.0163. The number of carbonyl (C=O) groups is 1. The first-order valence-corrected chi connectivity index (χ1v) is 7.16. The maximum Gasteiger partial charge on any atom is 0.253 e. The Hall–Kier alpha value is -2.30. The zero-order valence-electron chi connectivity index (χ0n) is 12.8. The molecular formula is C16H22N4O. The summed E-state index contributed by atoms with van der Waals surface area (Å²) >= 11 is 0. The van der Waals surface area contributed by atoms with Crippen LogP contribution in [0.5, 0.6) is 0 Å². The van der Waals surface area contributed by atoms with Gasteiger partial charge in [-0.15, -0.1) is 0 Å². The predicted molar refractivity (Wildman–Crippen MR) is 84.3 cm³/mol. The topological polar surface area (TPSA) is 50.2 Å². The second kappa shape index (κ2) is 6.92. The van der Waals surface area contributed by atoms with Crippen LogP contribution in [0.4, 0.5) is 5.69 Å². The average molecular weight is 286 g/mol. The van der Waals surface area contributed by atoms with Crippen molar-refractivity contribution >= 4 is 11.6 Å². The molecule has 0 atom stereocenters. The molecule has 1 aromatic heterocycles. The Labute approximate surface area is 125 Å². The molecule has 0 aliphatic heterocycles. The van der Waals surface area contributed by atoms with Crippen LogP contribution in [-0.2, 0) is 13.1 Å². The number of anilines is 1. The van der Waals surface area contributed by atoms with Crippen molar-refractivity contribution in [2.45, 2.75) is 26.4 Å². The number of nitrogens with zero attached hydrogens (tertiary/aromatic N) is 3. The van der Waals surface area contributed by atoms with E-state index in [1.807, 2.05) is 36.8 Å². The average Bonchev–Trinajstić information content (AvgIpc) is 2.92. The number of benzene rings is 1. The van der Waals surface area contributed by atoms with Crippen molar-refractivity contribution in [3.05, 3.63) is 48.0 Å². The number of rotatable bonds is 6. The molecule has 0 radical (unpaired) electrons. The first kappa shape index (κ1) is 15.1. The number of nitrogens with one attached hydrogen (secondary N) is 1. The van der Waals surface area contributed by atoms with Crippen molar-refractivity contribution < 1.29 is 4.79 Å². The van der Waals surface area contributed by atoms with Crippen LogP contribution in [0.3, 0.4) is 0 Å². The highest BCUT2D eigenvalue weighted by Crippen LogP contribution is 2.12. The molecule has 1 aromatic carbocycles. The van der Waals surface area contributed by atoms with Gasteiger partial charge in [0.1, 0.15) is 0 Å². The maximum absolute atomic E-state index is 11.8. The smallest absolute Gasteiger partial charge is 0.253 e. The SMILES string of the molecule is CCCn1cncc1CNc1ccc(C(=O)N(C)C)cc1. The monoisotopic (exact) mass is 286 g/mol. The molecule has 0 bridgehead atoms. The lowest BCUT2D eigenvalue weighted by Gasteiger charge is -2.12. The van der Waals surface area contributed by atoms with E-state index in [1.165, 1.54) is 0 Å². The largest absolute Gasteiger partial charge is 0.379 e. The standard InChI is InChI=1S/C16H22N4O/c1-4-9-20-12-17-10-15(20)11-18-14-7-5-13(6-8-14)16(21)19(2)3/h5-8,10,12,18H,4,9,11H2,1-3H3. The molecule has 1 N–H and O–H groups in total. The van der Waals surface area contributed by atoms with E-state index in [9.17, 15) is 4.79 Å². The van der Waals surface area contributed by atoms with Gasteiger partial charge in [0.15, 0.2) is 0 Å². The Morgan fingerprint density at radius 1 is 1.29 bits per heavy atom. The maximum atomic E-state index is 11.8. The van der Waals surface area contributed by atoms with Gasteiger partial charge < -0.3 is 14.8 Å². The van der Waals surface area contributed by atoms with Crippen LogP contribution in [0, 0.1) is 0 Å². The highest BCUT2D eigenvalue weighted by Gasteiger charge is 2.07. The van der Waals surface area contributed by atoms with E-state index in [0.717, 1.165) is 30.9 Å². The quantitative estimate of drug-likeness (QED) is 0.888. The van der Waals surface area contributed by atoms with Gasteiger partial charge in [-0.3, -0.25) is 4.79 Å². The Kier molecular flexibility index (Phi) is 4.98. The zero-order chi connectivity index (χ0) is 15.2. The fourth-order valence-electron chi connectivity index (χ4n) is 2.12. The number of imidazole rings is 1. The number of hydrogen-bond acceptors (Lipinski definition) is 3. The predicted octanol–water partition coefficient (Wildman–Crippen LogP) is 2.61. The van der Waals surface area contributed by atoms with Gasteiger partial charge in [-0.2, -0.15) is 0 Å². The lowest BCUT2D eigenvalue weighted by atomic mass is 10.2. The fourth-order valence-corrected chi connectivity index (χ4v) is 2.12. The van der Waals surface area contributed by atoms with E-state index in [1.54, 1.807) is 19.0 Å². The van der Waals surface area contributed by atoms with Crippen molar-refractivity contribution in [3.63, 3.8) is 0 Å². The van der Waals surface area contributed by atoms with E-state index in [4.69, 9.17) is 0 Å². The summed E-state index contributed by atoms with van der Waals surface area (Å²) in [6.45, 7) is 3.85. The van der Waals surface area contributed by atoms with Gasteiger partial charge in [0.2, 0.25) is 0 Å². The Bertz CT molecular complexity index is 587. The second-order valence-corrected chi connectivity index (χ2v) is 5.21. The van der Waals surface area contributed by atoms with Gasteiger partial charge >= 0.3 is 0 Å². The molecule has 0 saturated heterocycles. The summed E-state index contributed by atoms with van der Waals surface area (Å²) in [6, 6.07) is 7.54. The number of hydrogen-bond donors (Lipinski definition) is 1. The fraction of sp³-hybridized carbons (Fsp3) is 0.375. The van der Waals surface area contributed by atoms with Crippen LogP contribution in [-0.4, -0.2) is 34.5 Å². The third-order valence-corrected chi connectivity index (χ3v) is 3.27. The van der Waals surface area contributed by atoms with E-state index in [2.05, 4.69) is 21.8 Å². The first-order chi connectivity index (χ1) is 10.1. The molecule has 1 heterocycles. The third-order valence-electron chi connectivity index (χ3n) is 3.27. The lowest BCUT2D eigenvalue weighted by Crippen LogP contribution is -2.21. The Morgan fingerprint density at radius 2 is 2.00 bits per heavy atom. The van der Waals surface area contributed by atoms with E-state index < -0.39 is 0 Å². The molecule has 0 unspecified atom stereocenters. The van der Waals surface area contributed by atoms with Gasteiger partial charge in [0.25, 0.3) is 5.91 Å². The van der Waals surface area contributed by atoms with Crippen LogP contribution in [0.15, 0.2) is 36.8 Å². The van der Waals surface area contributed by atoms with Crippen LogP contribution in [0.25, 0.3) is 0 Å². The van der Waals surface area contributed by atoms with Crippen molar-refractivity contribution in [1.82, 2.24) is 14.5 Å². The van der Waals surface area contributed by atoms with E-state index in [0.29, 0.717) is 5.56 Å². The van der Waals surface area contributed by atoms with Crippen molar-refractivity contribution in [3.8, 4) is 0 Å². The molecule has 0 spiro atoms. The molecule has 5 nitrogen and oxygen atoms in total. The molecule has 2 rings (SSSR count). The number of amides is 1. The molecular weight excluding hydrogens is 264 g/mol. The summed E-state index contributed by atoms with van der Waals surface area (Å²) in [5.41, 5.74) is 2.85. The molecule has 0 saturated carbocycles. The summed E-state index contributed by atoms with van der Waals surface area (Å²) < 4.78 is 2.15. The minimum atomic E-state index is 0.0163. The molecule has 0 aliphatic carbocycles. The lowest BCUT2D eigenvalue weighted by molar-refractivity contribution is 0.0827. The van der Waals surface area contributed by atoms with Gasteiger partial charge in [-0.05, 0) is 30.7 Å². The van der Waals surface area contributed by atoms with Crippen LogP contribution >= 0.6 is 0 Å². The van der Waals surface area contributed by atoms with Gasteiger partial charge in [0, 0.05) is 38.1 Å². The highest BCUT2D eigenvalue weighted by atomic mass is 16.2. The van der Waals surface area contributed by atoms with Crippen LogP contribution in [0.1, 0.15) is 29.4 Å². The summed E-state index contributed by atoms with van der Waals surface area (Å²) in [4.78, 5) is 17.6. The molecule has 21 heavy (non-hydrogen) atoms. The van der Waals surface area contributed by atoms with Crippen molar-refractivity contribution in [2.75, 3.05) is 19.4 Å². The highest BCUT2D eigenvalue weighted by molar-refractivity contribution is 5.94. The minimum Gasteiger partial charge on any atom is -0.379 e. The van der Waals surface area contributed by atoms with Crippen molar-refractivity contribution in [2.24, 2.45) is 0 Å². The van der Waals surface area contributed by atoms with E-state index in [-0.39, 0.29) is 5.91 Å². The molecule has 5 heteroatoms. The molecule has 2 aromatic rings. The molecule has 0 fully saturated rings. The third kappa shape index (κ3) is 3.84. The number of aromatic nitrogens is 2. The number of carbonyl (C=O) groups excluding carboxylic acids is 1. The van der Waals surface area contributed by atoms with Crippen LogP contribution in [0.2, 0.25) is 0 Å². The van der Waals surface area contributed by atoms with Gasteiger partial charge in [0.05, 0.1) is 18.6 Å². The zero-order valence-corrected chi connectivity index (χ0v) is 12.8. The summed E-state index contributed by atoms with van der Waals surface area (Å²) in [6.07, 6.45) is 4.83. The molecule has 1 amide bonds. The minimum absolute atomic E-state index is 0.0163. The van der Waals surface area contributed by atoms with Gasteiger partial charge in [-0.25, -0.2) is 4.98 Å². The second-order valence-electron chi connectivity index (χ2n) is 5.21.